The number of halogens is 1. The van der Waals surface area contributed by atoms with E-state index in [1.165, 1.54) is 12.8 Å². The molecule has 0 spiro atoms. The maximum atomic E-state index is 6.60. The number of hydrogen-bond acceptors (Lipinski definition) is 5. The van der Waals surface area contributed by atoms with Gasteiger partial charge in [0.25, 0.3) is 0 Å². The number of epoxide rings is 1. The van der Waals surface area contributed by atoms with E-state index in [9.17, 15) is 0 Å². The Hall–Kier alpha value is -0.850. The molecule has 3 saturated heterocycles. The van der Waals surface area contributed by atoms with Crippen LogP contribution < -0.4 is 10.5 Å². The number of nitrogens with two attached hydrogens (primary N) is 1. The smallest absolute Gasteiger partial charge is 0.138 e. The lowest BCUT2D eigenvalue weighted by Gasteiger charge is -2.28. The summed E-state index contributed by atoms with van der Waals surface area (Å²) in [6, 6.07) is 6.17. The molecule has 4 rings (SSSR count). The lowest BCUT2D eigenvalue weighted by molar-refractivity contribution is 0.0256. The maximum absolute atomic E-state index is 6.60. The molecule has 2 N–H and O–H groups in total. The first-order valence-corrected chi connectivity index (χ1v) is 10.2. The minimum atomic E-state index is 0.0546. The molecule has 3 heterocycles. The molecule has 0 aliphatic carbocycles. The van der Waals surface area contributed by atoms with Crippen molar-refractivity contribution in [3.63, 3.8) is 0 Å². The predicted molar refractivity (Wildman–Crippen MR) is 102 cm³/mol. The Labute approximate surface area is 160 Å². The zero-order valence-corrected chi connectivity index (χ0v) is 16.0. The van der Waals surface area contributed by atoms with Crippen LogP contribution in [0.3, 0.4) is 0 Å². The quantitative estimate of drug-likeness (QED) is 0.737. The highest BCUT2D eigenvalue weighted by Gasteiger charge is 2.38. The van der Waals surface area contributed by atoms with Crippen molar-refractivity contribution in [2.75, 3.05) is 39.5 Å². The summed E-state index contributed by atoms with van der Waals surface area (Å²) in [5.74, 6) is 0.941. The summed E-state index contributed by atoms with van der Waals surface area (Å²) < 4.78 is 17.1. The van der Waals surface area contributed by atoms with E-state index in [1.807, 2.05) is 12.1 Å². The van der Waals surface area contributed by atoms with Gasteiger partial charge in [0, 0.05) is 31.3 Å². The van der Waals surface area contributed by atoms with Gasteiger partial charge < -0.3 is 24.8 Å². The standard InChI is InChI=1S/C20H29ClN2O3/c21-16-11-14(3-4-18(16)26-15-5-9-24-10-6-15)20(19-13-25-19)17(22)12-23-7-1-2-8-23/h3-4,11,15,17,19-20H,1-2,5-10,12-13,22H2/t17-,19?,20?/m1/s1. The topological polar surface area (TPSA) is 60.2 Å². The number of hydrogen-bond donors (Lipinski definition) is 1. The van der Waals surface area contributed by atoms with Crippen molar-refractivity contribution >= 4 is 11.6 Å². The molecule has 3 aliphatic heterocycles. The van der Waals surface area contributed by atoms with E-state index in [4.69, 9.17) is 31.5 Å². The summed E-state index contributed by atoms with van der Waals surface area (Å²) in [5, 5.41) is 0.660. The highest BCUT2D eigenvalue weighted by molar-refractivity contribution is 6.32. The Morgan fingerprint density at radius 1 is 1.23 bits per heavy atom. The Kier molecular flexibility index (Phi) is 6.01. The first-order valence-electron chi connectivity index (χ1n) is 9.84. The summed E-state index contributed by atoms with van der Waals surface area (Å²) in [5.41, 5.74) is 7.75. The van der Waals surface area contributed by atoms with Gasteiger partial charge in [0.05, 0.1) is 30.9 Å². The van der Waals surface area contributed by atoms with E-state index in [1.54, 1.807) is 0 Å². The summed E-state index contributed by atoms with van der Waals surface area (Å²) in [6.07, 6.45) is 4.79. The number of ether oxygens (including phenoxy) is 3. The Morgan fingerprint density at radius 3 is 2.62 bits per heavy atom. The second-order valence-electron chi connectivity index (χ2n) is 7.69. The molecule has 26 heavy (non-hydrogen) atoms. The molecule has 1 aromatic rings. The second-order valence-corrected chi connectivity index (χ2v) is 8.10. The molecule has 0 bridgehead atoms. The van der Waals surface area contributed by atoms with Gasteiger partial charge in [0.1, 0.15) is 11.9 Å². The van der Waals surface area contributed by atoms with Gasteiger partial charge >= 0.3 is 0 Å². The van der Waals surface area contributed by atoms with Gasteiger partial charge in [-0.3, -0.25) is 0 Å². The van der Waals surface area contributed by atoms with Crippen LogP contribution in [0.15, 0.2) is 18.2 Å². The molecular weight excluding hydrogens is 352 g/mol. The van der Waals surface area contributed by atoms with Crippen LogP contribution in [0.4, 0.5) is 0 Å². The molecule has 0 saturated carbocycles. The van der Waals surface area contributed by atoms with Gasteiger partial charge in [-0.25, -0.2) is 0 Å². The summed E-state index contributed by atoms with van der Waals surface area (Å²) in [6.45, 7) is 5.54. The van der Waals surface area contributed by atoms with Gasteiger partial charge in [-0.05, 0) is 43.6 Å². The molecule has 144 valence electrons. The van der Waals surface area contributed by atoms with Gasteiger partial charge in [-0.2, -0.15) is 0 Å². The van der Waals surface area contributed by atoms with E-state index in [0.717, 1.165) is 63.6 Å². The molecule has 5 nitrogen and oxygen atoms in total. The predicted octanol–water partition coefficient (Wildman–Crippen LogP) is 2.80. The highest BCUT2D eigenvalue weighted by atomic mass is 35.5. The van der Waals surface area contributed by atoms with Gasteiger partial charge in [-0.15, -0.1) is 0 Å². The molecule has 3 fully saturated rings. The average Bonchev–Trinajstić information content (AvgIpc) is 3.34. The number of nitrogens with zero attached hydrogens (tertiary/aromatic N) is 1. The minimum Gasteiger partial charge on any atom is -0.489 e. The second kappa shape index (κ2) is 8.44. The molecule has 2 unspecified atom stereocenters. The zero-order valence-electron chi connectivity index (χ0n) is 15.2. The molecule has 3 atom stereocenters. The Bertz CT molecular complexity index is 599. The minimum absolute atomic E-state index is 0.0546. The monoisotopic (exact) mass is 380 g/mol. The molecule has 3 aliphatic rings. The van der Waals surface area contributed by atoms with Crippen LogP contribution in [0.25, 0.3) is 0 Å². The van der Waals surface area contributed by atoms with Crippen molar-refractivity contribution < 1.29 is 14.2 Å². The summed E-state index contributed by atoms with van der Waals surface area (Å²) in [7, 11) is 0. The summed E-state index contributed by atoms with van der Waals surface area (Å²) >= 11 is 6.54. The lowest BCUT2D eigenvalue weighted by atomic mass is 9.88. The van der Waals surface area contributed by atoms with Crippen molar-refractivity contribution in [2.24, 2.45) is 5.73 Å². The molecule has 6 heteroatoms. The summed E-state index contributed by atoms with van der Waals surface area (Å²) in [4.78, 5) is 2.46. The largest absolute Gasteiger partial charge is 0.489 e. The molecular formula is C20H29ClN2O3. The molecule has 0 radical (unpaired) electrons. The van der Waals surface area contributed by atoms with Crippen LogP contribution in [0.2, 0.25) is 5.02 Å². The van der Waals surface area contributed by atoms with Crippen LogP contribution in [0.1, 0.15) is 37.2 Å². The van der Waals surface area contributed by atoms with Crippen LogP contribution in [0, 0.1) is 0 Å². The lowest BCUT2D eigenvalue weighted by Crippen LogP contribution is -2.42. The van der Waals surface area contributed by atoms with Crippen molar-refractivity contribution in [1.29, 1.82) is 0 Å². The van der Waals surface area contributed by atoms with E-state index in [2.05, 4.69) is 11.0 Å². The van der Waals surface area contributed by atoms with E-state index < -0.39 is 0 Å². The Balaban J connectivity index is 1.44. The van der Waals surface area contributed by atoms with E-state index in [-0.39, 0.29) is 24.2 Å². The van der Waals surface area contributed by atoms with Crippen molar-refractivity contribution in [2.45, 2.75) is 49.9 Å². The van der Waals surface area contributed by atoms with Crippen molar-refractivity contribution in [3.8, 4) is 5.75 Å². The first-order chi connectivity index (χ1) is 12.7. The van der Waals surface area contributed by atoms with Gasteiger partial charge in [0.2, 0.25) is 0 Å². The maximum Gasteiger partial charge on any atom is 0.138 e. The van der Waals surface area contributed by atoms with Gasteiger partial charge in [0.15, 0.2) is 0 Å². The zero-order chi connectivity index (χ0) is 17.9. The number of benzene rings is 1. The van der Waals surface area contributed by atoms with Crippen LogP contribution in [0.5, 0.6) is 5.75 Å². The first kappa shape index (κ1) is 18.5. The van der Waals surface area contributed by atoms with Crippen LogP contribution >= 0.6 is 11.6 Å². The van der Waals surface area contributed by atoms with Crippen molar-refractivity contribution in [3.05, 3.63) is 28.8 Å². The highest BCUT2D eigenvalue weighted by Crippen LogP contribution is 2.37. The molecule has 1 aromatic carbocycles. The fraction of sp³-hybridized carbons (Fsp3) is 0.700. The molecule has 0 amide bonds. The fourth-order valence-electron chi connectivity index (χ4n) is 4.17. The van der Waals surface area contributed by atoms with E-state index in [0.29, 0.717) is 5.02 Å². The normalized spacial score (nSPS) is 26.6. The third-order valence-corrected chi connectivity index (χ3v) is 5.99. The molecule has 0 aromatic heterocycles. The third kappa shape index (κ3) is 4.52. The van der Waals surface area contributed by atoms with Crippen LogP contribution in [-0.2, 0) is 9.47 Å². The SMILES string of the molecule is N[C@H](CN1CCCC1)C(c1ccc(OC2CCOCC2)c(Cl)c1)C1CO1. The number of rotatable bonds is 7. The number of likely N-dealkylation sites (tertiary alicyclic amines) is 1. The van der Waals surface area contributed by atoms with E-state index >= 15 is 0 Å². The Morgan fingerprint density at radius 2 is 1.96 bits per heavy atom. The average molecular weight is 381 g/mol. The van der Waals surface area contributed by atoms with Gasteiger partial charge in [-0.1, -0.05) is 17.7 Å². The van der Waals surface area contributed by atoms with Crippen molar-refractivity contribution in [1.82, 2.24) is 4.90 Å². The third-order valence-electron chi connectivity index (χ3n) is 5.69. The fourth-order valence-corrected chi connectivity index (χ4v) is 4.40. The van der Waals surface area contributed by atoms with Crippen LogP contribution in [-0.4, -0.2) is 62.6 Å².